The van der Waals surface area contributed by atoms with Gasteiger partial charge in [0.05, 0.1) is 6.54 Å². The van der Waals surface area contributed by atoms with Gasteiger partial charge in [-0.25, -0.2) is 4.79 Å². The summed E-state index contributed by atoms with van der Waals surface area (Å²) in [5, 5.41) is 12.0. The van der Waals surface area contributed by atoms with Gasteiger partial charge in [-0.3, -0.25) is 4.79 Å². The van der Waals surface area contributed by atoms with Crippen LogP contribution >= 0.6 is 0 Å². The zero-order chi connectivity index (χ0) is 17.6. The van der Waals surface area contributed by atoms with Crippen LogP contribution in [0.5, 0.6) is 0 Å². The lowest BCUT2D eigenvalue weighted by molar-refractivity contribution is -0.137. The van der Waals surface area contributed by atoms with Gasteiger partial charge in [0, 0.05) is 12.2 Å². The largest absolute Gasteiger partial charge is 0.480 e. The Hall–Kier alpha value is -2.24. The predicted molar refractivity (Wildman–Crippen MR) is 89.5 cm³/mol. The number of ether oxygens (including phenoxy) is 1. The lowest BCUT2D eigenvalue weighted by atomic mass is 10.1. The van der Waals surface area contributed by atoms with Crippen molar-refractivity contribution in [2.24, 2.45) is 0 Å². The van der Waals surface area contributed by atoms with Crippen molar-refractivity contribution in [3.05, 3.63) is 29.8 Å². The lowest BCUT2D eigenvalue weighted by Gasteiger charge is -2.27. The SMILES string of the molecule is CCN(Cc1ccccc1NC(C)C(=O)O)C(=O)OC(C)(C)C. The third-order valence-corrected chi connectivity index (χ3v) is 3.15. The Morgan fingerprint density at radius 2 is 1.91 bits per heavy atom. The number of aliphatic carboxylic acids is 1. The maximum Gasteiger partial charge on any atom is 0.410 e. The minimum Gasteiger partial charge on any atom is -0.480 e. The topological polar surface area (TPSA) is 78.9 Å². The first-order valence-corrected chi connectivity index (χ1v) is 7.69. The Balaban J connectivity index is 2.89. The van der Waals surface area contributed by atoms with Gasteiger partial charge >= 0.3 is 12.1 Å². The average molecular weight is 322 g/mol. The molecule has 0 bridgehead atoms. The van der Waals surface area contributed by atoms with Crippen molar-refractivity contribution in [2.75, 3.05) is 11.9 Å². The quantitative estimate of drug-likeness (QED) is 0.840. The number of para-hydroxylation sites is 1. The minimum absolute atomic E-state index is 0.348. The first kappa shape index (κ1) is 18.8. The monoisotopic (exact) mass is 322 g/mol. The summed E-state index contributed by atoms with van der Waals surface area (Å²) in [4.78, 5) is 24.8. The van der Waals surface area contributed by atoms with Crippen LogP contribution in [0.1, 0.15) is 40.2 Å². The molecule has 0 radical (unpaired) electrons. The van der Waals surface area contributed by atoms with Gasteiger partial charge in [-0.15, -0.1) is 0 Å². The summed E-state index contributed by atoms with van der Waals surface area (Å²) in [5.41, 5.74) is 0.984. The van der Waals surface area contributed by atoms with Crippen LogP contribution in [0, 0.1) is 0 Å². The molecule has 1 amide bonds. The molecule has 0 aliphatic carbocycles. The molecule has 0 aromatic heterocycles. The molecule has 128 valence electrons. The van der Waals surface area contributed by atoms with Gasteiger partial charge in [0.2, 0.25) is 0 Å². The van der Waals surface area contributed by atoms with E-state index in [1.165, 1.54) is 0 Å². The van der Waals surface area contributed by atoms with E-state index in [1.54, 1.807) is 17.9 Å². The Bertz CT molecular complexity index is 552. The fourth-order valence-corrected chi connectivity index (χ4v) is 1.93. The van der Waals surface area contributed by atoms with Crippen LogP contribution in [-0.2, 0) is 16.1 Å². The number of benzene rings is 1. The molecule has 0 saturated carbocycles. The molecule has 6 nitrogen and oxygen atoms in total. The van der Waals surface area contributed by atoms with Crippen LogP contribution in [0.3, 0.4) is 0 Å². The molecule has 0 heterocycles. The van der Waals surface area contributed by atoms with Gasteiger partial charge in [-0.1, -0.05) is 18.2 Å². The predicted octanol–water partition coefficient (Wildman–Crippen LogP) is 3.33. The van der Waals surface area contributed by atoms with Crippen molar-refractivity contribution in [2.45, 2.75) is 52.8 Å². The molecule has 0 fully saturated rings. The summed E-state index contributed by atoms with van der Waals surface area (Å²) in [6, 6.07) is 6.63. The molecule has 0 aliphatic rings. The highest BCUT2D eigenvalue weighted by Crippen LogP contribution is 2.20. The molecular formula is C17H26N2O4. The zero-order valence-corrected chi connectivity index (χ0v) is 14.4. The fourth-order valence-electron chi connectivity index (χ4n) is 1.93. The number of anilines is 1. The highest BCUT2D eigenvalue weighted by molar-refractivity contribution is 5.77. The van der Waals surface area contributed by atoms with Crippen molar-refractivity contribution >= 4 is 17.7 Å². The van der Waals surface area contributed by atoms with Crippen molar-refractivity contribution < 1.29 is 19.4 Å². The molecule has 23 heavy (non-hydrogen) atoms. The van der Waals surface area contributed by atoms with E-state index in [0.717, 1.165) is 5.56 Å². The van der Waals surface area contributed by atoms with Crippen LogP contribution < -0.4 is 5.32 Å². The van der Waals surface area contributed by atoms with Crippen LogP contribution in [0.15, 0.2) is 24.3 Å². The fraction of sp³-hybridized carbons (Fsp3) is 0.529. The van der Waals surface area contributed by atoms with Gasteiger partial charge in [-0.05, 0) is 46.2 Å². The second kappa shape index (κ2) is 7.85. The lowest BCUT2D eigenvalue weighted by Crippen LogP contribution is -2.36. The van der Waals surface area contributed by atoms with Gasteiger partial charge in [-0.2, -0.15) is 0 Å². The van der Waals surface area contributed by atoms with E-state index in [2.05, 4.69) is 5.32 Å². The Labute approximate surface area is 137 Å². The van der Waals surface area contributed by atoms with Gasteiger partial charge in [0.1, 0.15) is 11.6 Å². The number of hydrogen-bond acceptors (Lipinski definition) is 4. The van der Waals surface area contributed by atoms with E-state index >= 15 is 0 Å². The molecule has 1 unspecified atom stereocenters. The van der Waals surface area contributed by atoms with E-state index < -0.39 is 17.6 Å². The Morgan fingerprint density at radius 3 is 2.43 bits per heavy atom. The third kappa shape index (κ3) is 6.18. The number of carbonyl (C=O) groups excluding carboxylic acids is 1. The molecule has 0 saturated heterocycles. The highest BCUT2D eigenvalue weighted by Gasteiger charge is 2.22. The van der Waals surface area contributed by atoms with Gasteiger partial charge < -0.3 is 20.1 Å². The molecule has 0 aliphatic heterocycles. The molecule has 1 aromatic carbocycles. The van der Waals surface area contributed by atoms with Crippen molar-refractivity contribution in [1.29, 1.82) is 0 Å². The summed E-state index contributed by atoms with van der Waals surface area (Å²) in [6.45, 7) is 9.76. The normalized spacial score (nSPS) is 12.4. The molecule has 0 spiro atoms. The summed E-state index contributed by atoms with van der Waals surface area (Å²) >= 11 is 0. The maximum absolute atomic E-state index is 12.2. The van der Waals surface area contributed by atoms with Crippen LogP contribution in [0.4, 0.5) is 10.5 Å². The highest BCUT2D eigenvalue weighted by atomic mass is 16.6. The number of amides is 1. The zero-order valence-electron chi connectivity index (χ0n) is 14.4. The van der Waals surface area contributed by atoms with E-state index in [-0.39, 0.29) is 6.09 Å². The first-order valence-electron chi connectivity index (χ1n) is 7.69. The minimum atomic E-state index is -0.931. The number of carbonyl (C=O) groups is 2. The van der Waals surface area contributed by atoms with Crippen LogP contribution in [-0.4, -0.2) is 40.3 Å². The smallest absolute Gasteiger partial charge is 0.410 e. The second-order valence-corrected chi connectivity index (χ2v) is 6.36. The van der Waals surface area contributed by atoms with Crippen molar-refractivity contribution in [3.63, 3.8) is 0 Å². The first-order chi connectivity index (χ1) is 10.6. The molecule has 1 aromatic rings. The summed E-state index contributed by atoms with van der Waals surface area (Å²) < 4.78 is 5.39. The van der Waals surface area contributed by atoms with E-state index in [9.17, 15) is 9.59 Å². The number of nitrogens with one attached hydrogen (secondary N) is 1. The average Bonchev–Trinajstić information content (AvgIpc) is 2.44. The van der Waals surface area contributed by atoms with E-state index in [4.69, 9.17) is 9.84 Å². The molecule has 6 heteroatoms. The van der Waals surface area contributed by atoms with Gasteiger partial charge in [0.15, 0.2) is 0 Å². The molecule has 1 atom stereocenters. The van der Waals surface area contributed by atoms with Gasteiger partial charge in [0.25, 0.3) is 0 Å². The van der Waals surface area contributed by atoms with Crippen molar-refractivity contribution in [1.82, 2.24) is 4.90 Å². The van der Waals surface area contributed by atoms with E-state index in [0.29, 0.717) is 18.8 Å². The molecule has 2 N–H and O–H groups in total. The summed E-state index contributed by atoms with van der Waals surface area (Å²) in [6.07, 6.45) is -0.388. The number of carboxylic acids is 1. The number of hydrogen-bond donors (Lipinski definition) is 2. The standard InChI is InChI=1S/C17H26N2O4/c1-6-19(16(22)23-17(3,4)5)11-13-9-7-8-10-14(13)18-12(2)15(20)21/h7-10,12,18H,6,11H2,1-5H3,(H,20,21). The number of carboxylic acid groups (broad SMARTS) is 1. The van der Waals surface area contributed by atoms with Crippen molar-refractivity contribution in [3.8, 4) is 0 Å². The Morgan fingerprint density at radius 1 is 1.30 bits per heavy atom. The Kier molecular flexibility index (Phi) is 6.42. The third-order valence-electron chi connectivity index (χ3n) is 3.15. The summed E-state index contributed by atoms with van der Waals surface area (Å²) in [7, 11) is 0. The second-order valence-electron chi connectivity index (χ2n) is 6.36. The van der Waals surface area contributed by atoms with Crippen LogP contribution in [0.2, 0.25) is 0 Å². The van der Waals surface area contributed by atoms with E-state index in [1.807, 2.05) is 45.9 Å². The molecule has 1 rings (SSSR count). The van der Waals surface area contributed by atoms with Crippen LogP contribution in [0.25, 0.3) is 0 Å². The summed E-state index contributed by atoms with van der Waals surface area (Å²) in [5.74, 6) is -0.931. The number of rotatable bonds is 6. The maximum atomic E-state index is 12.2. The number of nitrogens with zero attached hydrogens (tertiary/aromatic N) is 1. The molecular weight excluding hydrogens is 296 g/mol.